The van der Waals surface area contributed by atoms with E-state index in [0.717, 1.165) is 0 Å². The van der Waals surface area contributed by atoms with Crippen LogP contribution in [0.2, 0.25) is 5.02 Å². The number of carbonyl (C=O) groups excluding carboxylic acids is 3. The van der Waals surface area contributed by atoms with Gasteiger partial charge in [-0.15, -0.1) is 11.3 Å². The Balaban J connectivity index is 1.50. The lowest BCUT2D eigenvalue weighted by Gasteiger charge is -2.08. The van der Waals surface area contributed by atoms with Crippen LogP contribution >= 0.6 is 22.9 Å². The second kappa shape index (κ2) is 9.69. The third-order valence-corrected chi connectivity index (χ3v) is 5.01. The van der Waals surface area contributed by atoms with Gasteiger partial charge in [-0.05, 0) is 53.9 Å². The third-order valence-electron chi connectivity index (χ3n) is 3.83. The molecule has 0 bridgehead atoms. The summed E-state index contributed by atoms with van der Waals surface area (Å²) in [5, 5.41) is 16.1. The number of nitrogens with zero attached hydrogens (tertiary/aromatic N) is 1. The number of amides is 2. The molecule has 1 heterocycles. The molecule has 30 heavy (non-hydrogen) atoms. The lowest BCUT2D eigenvalue weighted by Crippen LogP contribution is -2.21. The van der Waals surface area contributed by atoms with Crippen LogP contribution in [0.25, 0.3) is 0 Å². The fraction of sp³-hybridized carbons (Fsp3) is 0.0476. The van der Waals surface area contributed by atoms with Crippen molar-refractivity contribution < 1.29 is 19.1 Å². The summed E-state index contributed by atoms with van der Waals surface area (Å²) >= 11 is 7.23. The van der Waals surface area contributed by atoms with Crippen LogP contribution in [0.4, 0.5) is 11.4 Å². The number of nitriles is 1. The highest BCUT2D eigenvalue weighted by Crippen LogP contribution is 2.20. The monoisotopic (exact) mass is 439 g/mol. The van der Waals surface area contributed by atoms with Gasteiger partial charge in [0.25, 0.3) is 11.8 Å². The zero-order valence-electron chi connectivity index (χ0n) is 15.3. The fourth-order valence-corrected chi connectivity index (χ4v) is 3.23. The molecule has 1 aromatic heterocycles. The number of hydrogen-bond acceptors (Lipinski definition) is 6. The number of nitrogens with one attached hydrogen (secondary N) is 2. The normalized spacial score (nSPS) is 10.0. The van der Waals surface area contributed by atoms with E-state index < -0.39 is 18.5 Å². The summed E-state index contributed by atoms with van der Waals surface area (Å²) in [5.41, 5.74) is 1.43. The maximum Gasteiger partial charge on any atom is 0.338 e. The minimum Gasteiger partial charge on any atom is -0.452 e. The van der Waals surface area contributed by atoms with Crippen molar-refractivity contribution in [3.8, 4) is 6.07 Å². The molecule has 2 N–H and O–H groups in total. The second-order valence-corrected chi connectivity index (χ2v) is 7.29. The molecular weight excluding hydrogens is 426 g/mol. The molecular formula is C21H14ClN3O4S. The molecule has 0 saturated heterocycles. The number of halogens is 1. The maximum absolute atomic E-state index is 12.1. The van der Waals surface area contributed by atoms with E-state index in [1.54, 1.807) is 29.6 Å². The van der Waals surface area contributed by atoms with E-state index in [2.05, 4.69) is 10.6 Å². The van der Waals surface area contributed by atoms with E-state index in [4.69, 9.17) is 21.6 Å². The highest BCUT2D eigenvalue weighted by atomic mass is 35.5. The molecule has 0 fully saturated rings. The van der Waals surface area contributed by atoms with E-state index >= 15 is 0 Å². The van der Waals surface area contributed by atoms with Gasteiger partial charge in [-0.2, -0.15) is 5.26 Å². The quantitative estimate of drug-likeness (QED) is 0.556. The molecule has 0 atom stereocenters. The number of thiophene rings is 1. The topological polar surface area (TPSA) is 108 Å². The Morgan fingerprint density at radius 2 is 1.77 bits per heavy atom. The van der Waals surface area contributed by atoms with Gasteiger partial charge in [-0.3, -0.25) is 9.59 Å². The highest BCUT2D eigenvalue weighted by molar-refractivity contribution is 7.12. The van der Waals surface area contributed by atoms with Crippen LogP contribution in [0.1, 0.15) is 25.6 Å². The summed E-state index contributed by atoms with van der Waals surface area (Å²) in [7, 11) is 0. The number of ether oxygens (including phenoxy) is 1. The first kappa shape index (κ1) is 21.0. The smallest absolute Gasteiger partial charge is 0.338 e. The Bertz CT molecular complexity index is 1120. The van der Waals surface area contributed by atoms with Crippen LogP contribution in [-0.4, -0.2) is 24.4 Å². The molecule has 0 aliphatic rings. The van der Waals surface area contributed by atoms with E-state index in [1.165, 1.54) is 41.7 Å². The van der Waals surface area contributed by atoms with Gasteiger partial charge in [0, 0.05) is 11.4 Å². The summed E-state index contributed by atoms with van der Waals surface area (Å²) in [6.07, 6.45) is 0. The molecule has 0 unspecified atom stereocenters. The Morgan fingerprint density at radius 1 is 1.03 bits per heavy atom. The average Bonchev–Trinajstić information content (AvgIpc) is 3.28. The van der Waals surface area contributed by atoms with Crippen molar-refractivity contribution in [1.29, 1.82) is 5.26 Å². The first-order chi connectivity index (χ1) is 14.5. The van der Waals surface area contributed by atoms with Crippen molar-refractivity contribution in [2.45, 2.75) is 0 Å². The molecule has 0 radical (unpaired) electrons. The van der Waals surface area contributed by atoms with Crippen molar-refractivity contribution >= 4 is 52.1 Å². The molecule has 2 aromatic carbocycles. The number of anilines is 2. The Hall–Kier alpha value is -3.67. The summed E-state index contributed by atoms with van der Waals surface area (Å²) in [6.45, 7) is -0.493. The Labute approximate surface area is 180 Å². The minimum absolute atomic E-state index is 0.207. The maximum atomic E-state index is 12.1. The van der Waals surface area contributed by atoms with Crippen molar-refractivity contribution in [2.75, 3.05) is 17.2 Å². The Kier molecular flexibility index (Phi) is 6.80. The SMILES string of the molecule is N#Cc1ccc(NC(=O)COC(=O)c2ccc(NC(=O)c3cccs3)cc2)cc1Cl. The summed E-state index contributed by atoms with van der Waals surface area (Å²) < 4.78 is 5.00. The molecule has 2 amide bonds. The fourth-order valence-electron chi connectivity index (χ4n) is 2.39. The van der Waals surface area contributed by atoms with Crippen LogP contribution in [0.15, 0.2) is 60.0 Å². The molecule has 9 heteroatoms. The van der Waals surface area contributed by atoms with Gasteiger partial charge in [-0.25, -0.2) is 4.79 Å². The van der Waals surface area contributed by atoms with Gasteiger partial charge >= 0.3 is 5.97 Å². The largest absolute Gasteiger partial charge is 0.452 e. The molecule has 3 rings (SSSR count). The Morgan fingerprint density at radius 3 is 2.40 bits per heavy atom. The van der Waals surface area contributed by atoms with Crippen LogP contribution in [-0.2, 0) is 9.53 Å². The van der Waals surface area contributed by atoms with Gasteiger partial charge in [-0.1, -0.05) is 17.7 Å². The molecule has 0 aliphatic heterocycles. The first-order valence-corrected chi connectivity index (χ1v) is 9.83. The standard InChI is InChI=1S/C21H14ClN3O4S/c22-17-10-16(8-5-14(17)11-23)24-19(26)12-29-21(28)13-3-6-15(7-4-13)25-20(27)18-2-1-9-30-18/h1-10H,12H2,(H,24,26)(H,25,27). The molecule has 7 nitrogen and oxygen atoms in total. The summed E-state index contributed by atoms with van der Waals surface area (Å²) in [6, 6.07) is 16.0. The molecule has 150 valence electrons. The molecule has 0 saturated carbocycles. The lowest BCUT2D eigenvalue weighted by molar-refractivity contribution is -0.119. The van der Waals surface area contributed by atoms with E-state index in [0.29, 0.717) is 16.3 Å². The average molecular weight is 440 g/mol. The minimum atomic E-state index is -0.681. The van der Waals surface area contributed by atoms with Gasteiger partial charge in [0.2, 0.25) is 0 Å². The highest BCUT2D eigenvalue weighted by Gasteiger charge is 2.12. The van der Waals surface area contributed by atoms with Crippen LogP contribution in [0, 0.1) is 11.3 Å². The van der Waals surface area contributed by atoms with Crippen LogP contribution in [0.5, 0.6) is 0 Å². The van der Waals surface area contributed by atoms with Crippen molar-refractivity contribution in [1.82, 2.24) is 0 Å². The molecule has 3 aromatic rings. The van der Waals surface area contributed by atoms with Crippen LogP contribution in [0.3, 0.4) is 0 Å². The van der Waals surface area contributed by atoms with E-state index in [9.17, 15) is 14.4 Å². The second-order valence-electron chi connectivity index (χ2n) is 5.94. The summed E-state index contributed by atoms with van der Waals surface area (Å²) in [5.74, 6) is -1.47. The molecule has 0 aliphatic carbocycles. The van der Waals surface area contributed by atoms with Crippen LogP contribution < -0.4 is 10.6 Å². The zero-order valence-corrected chi connectivity index (χ0v) is 16.9. The number of hydrogen-bond donors (Lipinski definition) is 2. The first-order valence-electron chi connectivity index (χ1n) is 8.58. The van der Waals surface area contributed by atoms with Gasteiger partial charge in [0.1, 0.15) is 6.07 Å². The number of carbonyl (C=O) groups is 3. The number of benzene rings is 2. The summed E-state index contributed by atoms with van der Waals surface area (Å²) in [4.78, 5) is 36.7. The number of esters is 1. The predicted molar refractivity (Wildman–Crippen MR) is 114 cm³/mol. The van der Waals surface area contributed by atoms with E-state index in [1.807, 2.05) is 6.07 Å². The molecule has 0 spiro atoms. The van der Waals surface area contributed by atoms with E-state index in [-0.39, 0.29) is 22.1 Å². The lowest BCUT2D eigenvalue weighted by atomic mass is 10.2. The van der Waals surface area contributed by atoms with Gasteiger partial charge < -0.3 is 15.4 Å². The van der Waals surface area contributed by atoms with Gasteiger partial charge in [0.05, 0.1) is 21.0 Å². The predicted octanol–water partition coefficient (Wildman–Crippen LogP) is 4.32. The third kappa shape index (κ3) is 5.44. The number of rotatable bonds is 6. The van der Waals surface area contributed by atoms with Crippen molar-refractivity contribution in [3.05, 3.63) is 81.0 Å². The van der Waals surface area contributed by atoms with Gasteiger partial charge in [0.15, 0.2) is 6.61 Å². The van der Waals surface area contributed by atoms with Crippen molar-refractivity contribution in [3.63, 3.8) is 0 Å². The van der Waals surface area contributed by atoms with Crippen molar-refractivity contribution in [2.24, 2.45) is 0 Å². The zero-order chi connectivity index (χ0) is 21.5.